The predicted molar refractivity (Wildman–Crippen MR) is 83.6 cm³/mol. The van der Waals surface area contributed by atoms with Crippen molar-refractivity contribution in [1.29, 1.82) is 0 Å². The summed E-state index contributed by atoms with van der Waals surface area (Å²) >= 11 is 0. The van der Waals surface area contributed by atoms with Gasteiger partial charge in [0.05, 0.1) is 0 Å². The zero-order chi connectivity index (χ0) is 14.0. The summed E-state index contributed by atoms with van der Waals surface area (Å²) in [5.74, 6) is 0.687. The van der Waals surface area contributed by atoms with E-state index in [1.807, 2.05) is 0 Å². The molecule has 1 aliphatic heterocycles. The molecule has 0 bridgehead atoms. The number of anilines is 1. The molecule has 1 atom stereocenters. The monoisotopic (exact) mass is 260 g/mol. The van der Waals surface area contributed by atoms with E-state index in [1.54, 1.807) is 0 Å². The standard InChI is InChI=1S/C17H28N2/c1-13(2)11-19-12-16(17(3,4)5)18-10-14-8-6-7-9-15(14)19/h6-9,13,16,18H,10-12H2,1-5H3. The molecule has 1 aromatic carbocycles. The summed E-state index contributed by atoms with van der Waals surface area (Å²) in [4.78, 5) is 2.57. The largest absolute Gasteiger partial charge is 0.369 e. The third-order valence-corrected chi connectivity index (χ3v) is 3.91. The number of benzene rings is 1. The number of para-hydroxylation sites is 1. The minimum Gasteiger partial charge on any atom is -0.369 e. The molecule has 2 heteroatoms. The molecule has 0 saturated carbocycles. The molecule has 0 aliphatic carbocycles. The molecule has 1 unspecified atom stereocenters. The third kappa shape index (κ3) is 3.50. The Hall–Kier alpha value is -1.02. The Balaban J connectivity index is 2.29. The highest BCUT2D eigenvalue weighted by atomic mass is 15.2. The number of hydrogen-bond donors (Lipinski definition) is 1. The van der Waals surface area contributed by atoms with E-state index in [-0.39, 0.29) is 5.41 Å². The second-order valence-electron chi connectivity index (χ2n) is 7.23. The van der Waals surface area contributed by atoms with Crippen molar-refractivity contribution in [3.8, 4) is 0 Å². The number of fused-ring (bicyclic) bond motifs is 1. The Labute approximate surface area is 118 Å². The topological polar surface area (TPSA) is 15.3 Å². The summed E-state index contributed by atoms with van der Waals surface area (Å²) in [5.41, 5.74) is 3.13. The van der Waals surface area contributed by atoms with Gasteiger partial charge in [-0.1, -0.05) is 52.8 Å². The van der Waals surface area contributed by atoms with Crippen molar-refractivity contribution in [3.05, 3.63) is 29.8 Å². The Morgan fingerprint density at radius 2 is 1.95 bits per heavy atom. The first-order valence-electron chi connectivity index (χ1n) is 7.44. The van der Waals surface area contributed by atoms with Gasteiger partial charge in [0, 0.05) is 31.4 Å². The fraction of sp³-hybridized carbons (Fsp3) is 0.647. The summed E-state index contributed by atoms with van der Waals surface area (Å²) in [7, 11) is 0. The highest BCUT2D eigenvalue weighted by molar-refractivity contribution is 5.54. The van der Waals surface area contributed by atoms with E-state index in [1.165, 1.54) is 11.3 Å². The first kappa shape index (κ1) is 14.4. The van der Waals surface area contributed by atoms with Gasteiger partial charge in [-0.15, -0.1) is 0 Å². The van der Waals surface area contributed by atoms with Crippen LogP contribution in [0, 0.1) is 11.3 Å². The molecule has 0 radical (unpaired) electrons. The quantitative estimate of drug-likeness (QED) is 0.873. The van der Waals surface area contributed by atoms with Gasteiger partial charge in [0.1, 0.15) is 0 Å². The van der Waals surface area contributed by atoms with Gasteiger partial charge in [0.2, 0.25) is 0 Å². The first-order chi connectivity index (χ1) is 8.88. The van der Waals surface area contributed by atoms with Gasteiger partial charge < -0.3 is 10.2 Å². The number of nitrogens with zero attached hydrogens (tertiary/aromatic N) is 1. The van der Waals surface area contributed by atoms with Gasteiger partial charge in [0.25, 0.3) is 0 Å². The van der Waals surface area contributed by atoms with Gasteiger partial charge in [-0.25, -0.2) is 0 Å². The Morgan fingerprint density at radius 1 is 1.26 bits per heavy atom. The van der Waals surface area contributed by atoms with Crippen LogP contribution in [0.4, 0.5) is 5.69 Å². The van der Waals surface area contributed by atoms with E-state index < -0.39 is 0 Å². The normalized spacial score (nSPS) is 20.3. The Kier molecular flexibility index (Phi) is 4.19. The zero-order valence-electron chi connectivity index (χ0n) is 13.0. The fourth-order valence-corrected chi connectivity index (χ4v) is 2.78. The van der Waals surface area contributed by atoms with Crippen LogP contribution < -0.4 is 10.2 Å². The number of nitrogens with one attached hydrogen (secondary N) is 1. The van der Waals surface area contributed by atoms with Gasteiger partial charge in [0.15, 0.2) is 0 Å². The van der Waals surface area contributed by atoms with Crippen molar-refractivity contribution in [2.75, 3.05) is 18.0 Å². The van der Waals surface area contributed by atoms with Crippen molar-refractivity contribution in [3.63, 3.8) is 0 Å². The molecule has 0 amide bonds. The maximum absolute atomic E-state index is 3.74. The lowest BCUT2D eigenvalue weighted by Crippen LogP contribution is -2.47. The zero-order valence-corrected chi connectivity index (χ0v) is 13.0. The Bertz CT molecular complexity index is 418. The summed E-state index contributed by atoms with van der Waals surface area (Å²) < 4.78 is 0. The fourth-order valence-electron chi connectivity index (χ4n) is 2.78. The maximum Gasteiger partial charge on any atom is 0.0412 e. The lowest BCUT2D eigenvalue weighted by molar-refractivity contribution is 0.270. The van der Waals surface area contributed by atoms with Crippen LogP contribution in [0.3, 0.4) is 0 Å². The average molecular weight is 260 g/mol. The molecule has 106 valence electrons. The van der Waals surface area contributed by atoms with E-state index in [0.29, 0.717) is 12.0 Å². The molecule has 1 heterocycles. The molecular formula is C17H28N2. The predicted octanol–water partition coefficient (Wildman–Crippen LogP) is 3.67. The van der Waals surface area contributed by atoms with Crippen LogP contribution in [0.2, 0.25) is 0 Å². The molecule has 0 spiro atoms. The van der Waals surface area contributed by atoms with E-state index >= 15 is 0 Å². The van der Waals surface area contributed by atoms with Crippen molar-refractivity contribution >= 4 is 5.69 Å². The minimum absolute atomic E-state index is 0.289. The minimum atomic E-state index is 0.289. The second kappa shape index (κ2) is 5.54. The first-order valence-corrected chi connectivity index (χ1v) is 7.44. The van der Waals surface area contributed by atoms with Crippen LogP contribution in [-0.2, 0) is 6.54 Å². The van der Waals surface area contributed by atoms with Crippen molar-refractivity contribution < 1.29 is 0 Å². The maximum atomic E-state index is 3.74. The van der Waals surface area contributed by atoms with Gasteiger partial charge in [-0.2, -0.15) is 0 Å². The van der Waals surface area contributed by atoms with Crippen LogP contribution in [0.15, 0.2) is 24.3 Å². The van der Waals surface area contributed by atoms with E-state index in [4.69, 9.17) is 0 Å². The van der Waals surface area contributed by atoms with Crippen LogP contribution in [0.25, 0.3) is 0 Å². The highest BCUT2D eigenvalue weighted by Gasteiger charge is 2.29. The molecule has 2 rings (SSSR count). The number of hydrogen-bond acceptors (Lipinski definition) is 2. The summed E-state index contributed by atoms with van der Waals surface area (Å²) in [5, 5.41) is 3.74. The lowest BCUT2D eigenvalue weighted by Gasteiger charge is -2.35. The number of rotatable bonds is 2. The smallest absolute Gasteiger partial charge is 0.0412 e. The van der Waals surface area contributed by atoms with Crippen molar-refractivity contribution in [1.82, 2.24) is 5.32 Å². The molecule has 1 aliphatic rings. The third-order valence-electron chi connectivity index (χ3n) is 3.91. The van der Waals surface area contributed by atoms with Crippen molar-refractivity contribution in [2.24, 2.45) is 11.3 Å². The highest BCUT2D eigenvalue weighted by Crippen LogP contribution is 2.29. The van der Waals surface area contributed by atoms with Crippen LogP contribution in [0.1, 0.15) is 40.2 Å². The van der Waals surface area contributed by atoms with Crippen LogP contribution in [-0.4, -0.2) is 19.1 Å². The van der Waals surface area contributed by atoms with Crippen LogP contribution >= 0.6 is 0 Å². The van der Waals surface area contributed by atoms with Gasteiger partial charge >= 0.3 is 0 Å². The van der Waals surface area contributed by atoms with Gasteiger partial charge in [-0.05, 0) is 23.0 Å². The molecular weight excluding hydrogens is 232 g/mol. The average Bonchev–Trinajstić information content (AvgIpc) is 2.48. The van der Waals surface area contributed by atoms with Gasteiger partial charge in [-0.3, -0.25) is 0 Å². The second-order valence-corrected chi connectivity index (χ2v) is 7.23. The Morgan fingerprint density at radius 3 is 2.58 bits per heavy atom. The molecule has 1 N–H and O–H groups in total. The van der Waals surface area contributed by atoms with Crippen molar-refractivity contribution in [2.45, 2.75) is 47.2 Å². The lowest BCUT2D eigenvalue weighted by atomic mass is 9.86. The SMILES string of the molecule is CC(C)CN1CC(C(C)(C)C)NCc2ccccc21. The molecule has 0 aromatic heterocycles. The van der Waals surface area contributed by atoms with Crippen LogP contribution in [0.5, 0.6) is 0 Å². The molecule has 0 saturated heterocycles. The molecule has 0 fully saturated rings. The van der Waals surface area contributed by atoms with E-state index in [0.717, 1.165) is 19.6 Å². The summed E-state index contributed by atoms with van der Waals surface area (Å²) in [6.07, 6.45) is 0. The molecule has 1 aromatic rings. The van der Waals surface area contributed by atoms with E-state index in [2.05, 4.69) is 69.1 Å². The molecule has 19 heavy (non-hydrogen) atoms. The summed E-state index contributed by atoms with van der Waals surface area (Å²) in [6.45, 7) is 14.8. The summed E-state index contributed by atoms with van der Waals surface area (Å²) in [6, 6.07) is 9.35. The molecule has 2 nitrogen and oxygen atoms in total. The van der Waals surface area contributed by atoms with E-state index in [9.17, 15) is 0 Å².